The maximum Gasteiger partial charge on any atom is 0.244 e. The van der Waals surface area contributed by atoms with Gasteiger partial charge < -0.3 is 10.2 Å². The number of aryl methyl sites for hydroxylation is 1. The summed E-state index contributed by atoms with van der Waals surface area (Å²) in [4.78, 5) is 14.8. The van der Waals surface area contributed by atoms with Crippen molar-refractivity contribution in [2.45, 2.75) is 57.9 Å². The van der Waals surface area contributed by atoms with Crippen LogP contribution in [0.25, 0.3) is 0 Å². The average molecular weight is 286 g/mol. The number of fused-ring (bicyclic) bond motifs is 1. The molecule has 0 radical (unpaired) electrons. The van der Waals surface area contributed by atoms with Crippen LogP contribution in [0.3, 0.4) is 0 Å². The van der Waals surface area contributed by atoms with Crippen molar-refractivity contribution in [3.05, 3.63) is 29.3 Å². The number of rotatable bonds is 4. The third kappa shape index (κ3) is 2.98. The molecule has 1 aliphatic heterocycles. The lowest BCUT2D eigenvalue weighted by Crippen LogP contribution is -2.51. The molecule has 1 fully saturated rings. The van der Waals surface area contributed by atoms with Crippen molar-refractivity contribution in [1.29, 1.82) is 0 Å². The first-order chi connectivity index (χ1) is 10.3. The molecule has 0 spiro atoms. The van der Waals surface area contributed by atoms with Gasteiger partial charge in [-0.25, -0.2) is 0 Å². The quantitative estimate of drug-likeness (QED) is 0.922. The number of hydrogen-bond donors (Lipinski definition) is 1. The van der Waals surface area contributed by atoms with Crippen molar-refractivity contribution in [2.24, 2.45) is 0 Å². The first-order valence-corrected chi connectivity index (χ1v) is 8.46. The molecule has 3 nitrogen and oxygen atoms in total. The number of nitrogens with zero attached hydrogens (tertiary/aromatic N) is 1. The zero-order chi connectivity index (χ0) is 14.7. The van der Waals surface area contributed by atoms with E-state index < -0.39 is 0 Å². The minimum atomic E-state index is 0.0122. The minimum Gasteiger partial charge on any atom is -0.311 e. The van der Waals surface area contributed by atoms with Gasteiger partial charge in [0.1, 0.15) is 0 Å². The van der Waals surface area contributed by atoms with E-state index in [0.717, 1.165) is 38.8 Å². The van der Waals surface area contributed by atoms with Crippen LogP contribution in [0.4, 0.5) is 5.69 Å². The largest absolute Gasteiger partial charge is 0.311 e. The van der Waals surface area contributed by atoms with E-state index in [1.54, 1.807) is 0 Å². The Balaban J connectivity index is 1.84. The summed E-state index contributed by atoms with van der Waals surface area (Å²) < 4.78 is 0. The average Bonchev–Trinajstić information content (AvgIpc) is 2.53. The van der Waals surface area contributed by atoms with E-state index in [2.05, 4.69) is 30.4 Å². The predicted molar refractivity (Wildman–Crippen MR) is 86.8 cm³/mol. The summed E-state index contributed by atoms with van der Waals surface area (Å²) in [5.74, 6) is 0.272. The molecule has 1 aromatic rings. The summed E-state index contributed by atoms with van der Waals surface area (Å²) in [6, 6.07) is 6.51. The van der Waals surface area contributed by atoms with Crippen molar-refractivity contribution in [3.8, 4) is 0 Å². The van der Waals surface area contributed by atoms with Crippen LogP contribution in [0, 0.1) is 0 Å². The highest BCUT2D eigenvalue weighted by molar-refractivity contribution is 5.98. The molecule has 0 saturated carbocycles. The highest BCUT2D eigenvalue weighted by Crippen LogP contribution is 2.32. The Kier molecular flexibility index (Phi) is 4.59. The molecule has 1 atom stereocenters. The topological polar surface area (TPSA) is 32.3 Å². The number of piperidine rings is 1. The fourth-order valence-corrected chi connectivity index (χ4v) is 3.64. The molecule has 1 amide bonds. The Morgan fingerprint density at radius 3 is 2.95 bits per heavy atom. The van der Waals surface area contributed by atoms with Crippen LogP contribution in [0.15, 0.2) is 18.2 Å². The molecule has 1 unspecified atom stereocenters. The first kappa shape index (κ1) is 14.6. The van der Waals surface area contributed by atoms with E-state index in [4.69, 9.17) is 0 Å². The molecule has 0 aromatic heterocycles. The molecule has 1 heterocycles. The standard InChI is InChI=1S/C18H26N2O/c1-2-12-19-16-10-6-13-20(18(16)21)17-11-5-8-14-7-3-4-9-15(14)17/h5,8,11,16,19H,2-4,6-7,9-10,12-13H2,1H3. The zero-order valence-corrected chi connectivity index (χ0v) is 13.0. The van der Waals surface area contributed by atoms with E-state index in [0.29, 0.717) is 0 Å². The molecular weight excluding hydrogens is 260 g/mol. The molecule has 3 rings (SSSR count). The highest BCUT2D eigenvalue weighted by Gasteiger charge is 2.30. The Bertz CT molecular complexity index is 512. The second kappa shape index (κ2) is 6.61. The Morgan fingerprint density at radius 2 is 2.10 bits per heavy atom. The number of nitrogens with one attached hydrogen (secondary N) is 1. The van der Waals surface area contributed by atoms with E-state index in [-0.39, 0.29) is 11.9 Å². The van der Waals surface area contributed by atoms with Crippen molar-refractivity contribution < 1.29 is 4.79 Å². The summed E-state index contributed by atoms with van der Waals surface area (Å²) in [6.07, 6.45) is 7.98. The molecule has 2 aliphatic rings. The third-order valence-corrected chi connectivity index (χ3v) is 4.74. The van der Waals surface area contributed by atoms with Gasteiger partial charge in [0.15, 0.2) is 0 Å². The van der Waals surface area contributed by atoms with Crippen molar-refractivity contribution >= 4 is 11.6 Å². The maximum atomic E-state index is 12.8. The number of benzene rings is 1. The van der Waals surface area contributed by atoms with Crippen molar-refractivity contribution in [3.63, 3.8) is 0 Å². The van der Waals surface area contributed by atoms with E-state index in [1.165, 1.54) is 36.1 Å². The molecule has 3 heteroatoms. The van der Waals surface area contributed by atoms with Gasteiger partial charge in [0.25, 0.3) is 0 Å². The molecule has 21 heavy (non-hydrogen) atoms. The molecule has 1 N–H and O–H groups in total. The van der Waals surface area contributed by atoms with Crippen LogP contribution in [-0.2, 0) is 17.6 Å². The summed E-state index contributed by atoms with van der Waals surface area (Å²) in [7, 11) is 0. The zero-order valence-electron chi connectivity index (χ0n) is 13.0. The number of amides is 1. The lowest BCUT2D eigenvalue weighted by atomic mass is 9.89. The fraction of sp³-hybridized carbons (Fsp3) is 0.611. The van der Waals surface area contributed by atoms with Crippen molar-refractivity contribution in [2.75, 3.05) is 18.0 Å². The minimum absolute atomic E-state index is 0.0122. The monoisotopic (exact) mass is 286 g/mol. The summed E-state index contributed by atoms with van der Waals surface area (Å²) in [6.45, 7) is 3.95. The Labute approximate surface area is 127 Å². The van der Waals surface area contributed by atoms with Gasteiger partial charge >= 0.3 is 0 Å². The molecule has 1 saturated heterocycles. The molecule has 114 valence electrons. The second-order valence-corrected chi connectivity index (χ2v) is 6.26. The van der Waals surface area contributed by atoms with Crippen LogP contribution in [0.1, 0.15) is 50.2 Å². The fourth-order valence-electron chi connectivity index (χ4n) is 3.64. The second-order valence-electron chi connectivity index (χ2n) is 6.26. The third-order valence-electron chi connectivity index (χ3n) is 4.74. The number of carbonyl (C=O) groups is 1. The van der Waals surface area contributed by atoms with Gasteiger partial charge in [-0.05, 0) is 68.7 Å². The number of hydrogen-bond acceptors (Lipinski definition) is 2. The van der Waals surface area contributed by atoms with Crippen LogP contribution in [0.5, 0.6) is 0 Å². The van der Waals surface area contributed by atoms with Gasteiger partial charge in [-0.15, -0.1) is 0 Å². The normalized spacial score (nSPS) is 22.2. The lowest BCUT2D eigenvalue weighted by molar-refractivity contribution is -0.121. The predicted octanol–water partition coefficient (Wildman–Crippen LogP) is 3.06. The van der Waals surface area contributed by atoms with E-state index in [1.807, 2.05) is 4.90 Å². The van der Waals surface area contributed by atoms with Gasteiger partial charge in [0.2, 0.25) is 5.91 Å². The summed E-state index contributed by atoms with van der Waals surface area (Å²) in [5, 5.41) is 3.41. The van der Waals surface area contributed by atoms with Crippen LogP contribution in [0.2, 0.25) is 0 Å². The van der Waals surface area contributed by atoms with E-state index in [9.17, 15) is 4.79 Å². The van der Waals surface area contributed by atoms with Crippen molar-refractivity contribution in [1.82, 2.24) is 5.32 Å². The maximum absolute atomic E-state index is 12.8. The van der Waals surface area contributed by atoms with Crippen LogP contribution in [-0.4, -0.2) is 25.0 Å². The lowest BCUT2D eigenvalue weighted by Gasteiger charge is -2.35. The van der Waals surface area contributed by atoms with Gasteiger partial charge in [-0.3, -0.25) is 4.79 Å². The van der Waals surface area contributed by atoms with Crippen LogP contribution >= 0.6 is 0 Å². The van der Waals surface area contributed by atoms with Gasteiger partial charge in [-0.2, -0.15) is 0 Å². The number of anilines is 1. The van der Waals surface area contributed by atoms with Crippen LogP contribution < -0.4 is 10.2 Å². The molecule has 1 aromatic carbocycles. The number of carbonyl (C=O) groups excluding carboxylic acids is 1. The molecular formula is C18H26N2O. The van der Waals surface area contributed by atoms with E-state index >= 15 is 0 Å². The molecule has 1 aliphatic carbocycles. The Morgan fingerprint density at radius 1 is 1.24 bits per heavy atom. The highest BCUT2D eigenvalue weighted by atomic mass is 16.2. The van der Waals surface area contributed by atoms with Gasteiger partial charge in [0, 0.05) is 12.2 Å². The summed E-state index contributed by atoms with van der Waals surface area (Å²) in [5.41, 5.74) is 4.06. The first-order valence-electron chi connectivity index (χ1n) is 8.46. The van der Waals surface area contributed by atoms with Gasteiger partial charge in [-0.1, -0.05) is 19.1 Å². The smallest absolute Gasteiger partial charge is 0.244 e. The molecule has 0 bridgehead atoms. The Hall–Kier alpha value is -1.35. The van der Waals surface area contributed by atoms with Gasteiger partial charge in [0.05, 0.1) is 6.04 Å². The SMILES string of the molecule is CCCNC1CCCN(c2cccc3c2CCCC3)C1=O. The summed E-state index contributed by atoms with van der Waals surface area (Å²) >= 11 is 0.